The van der Waals surface area contributed by atoms with E-state index in [0.29, 0.717) is 0 Å². The van der Waals surface area contributed by atoms with Gasteiger partial charge < -0.3 is 4.90 Å². The molecule has 0 amide bonds. The van der Waals surface area contributed by atoms with Crippen molar-refractivity contribution in [2.24, 2.45) is 5.92 Å². The van der Waals surface area contributed by atoms with E-state index in [4.69, 9.17) is 0 Å². The lowest BCUT2D eigenvalue weighted by atomic mass is 9.97. The Labute approximate surface area is 185 Å². The molecule has 1 aliphatic heterocycles. The summed E-state index contributed by atoms with van der Waals surface area (Å²) >= 11 is 0. The van der Waals surface area contributed by atoms with Crippen LogP contribution in [0.5, 0.6) is 0 Å². The van der Waals surface area contributed by atoms with Gasteiger partial charge in [-0.3, -0.25) is 4.79 Å². The van der Waals surface area contributed by atoms with Crippen LogP contribution in [0.2, 0.25) is 0 Å². The van der Waals surface area contributed by atoms with Crippen molar-refractivity contribution in [2.45, 2.75) is 84.1 Å². The summed E-state index contributed by atoms with van der Waals surface area (Å²) in [7, 11) is 0. The number of carbonyl (C=O) groups excluding carboxylic acids is 1. The SMILES string of the molecule is CC.CCC[C@H]1CCCC1N1CCCC1.O=Cc1c(F)cc(C(F)(F)F)cc1C(F)(F)F. The van der Waals surface area contributed by atoms with Crippen LogP contribution >= 0.6 is 0 Å². The average molecular weight is 472 g/mol. The van der Waals surface area contributed by atoms with Crippen molar-refractivity contribution in [3.8, 4) is 0 Å². The molecule has 32 heavy (non-hydrogen) atoms. The van der Waals surface area contributed by atoms with Gasteiger partial charge in [0.25, 0.3) is 0 Å². The fraction of sp³-hybridized carbons (Fsp3) is 0.696. The van der Waals surface area contributed by atoms with Gasteiger partial charge in [0, 0.05) is 6.04 Å². The van der Waals surface area contributed by atoms with Crippen LogP contribution in [0.4, 0.5) is 30.7 Å². The summed E-state index contributed by atoms with van der Waals surface area (Å²) in [5, 5.41) is 0. The van der Waals surface area contributed by atoms with E-state index in [1.807, 2.05) is 13.8 Å². The minimum absolute atomic E-state index is 0.154. The Bertz CT molecular complexity index is 710. The Hall–Kier alpha value is -1.64. The number of halogens is 7. The fourth-order valence-electron chi connectivity index (χ4n) is 4.41. The van der Waals surface area contributed by atoms with Crippen molar-refractivity contribution in [2.75, 3.05) is 13.1 Å². The molecule has 1 aliphatic carbocycles. The molecule has 0 radical (unpaired) electrons. The Kier molecular flexibility index (Phi) is 11.1. The topological polar surface area (TPSA) is 20.3 Å². The molecule has 0 N–H and O–H groups in total. The maximum atomic E-state index is 12.9. The summed E-state index contributed by atoms with van der Waals surface area (Å²) in [6, 6.07) is 0.522. The summed E-state index contributed by atoms with van der Waals surface area (Å²) in [6.07, 6.45) is -0.578. The molecule has 9 heteroatoms. The molecule has 1 unspecified atom stereocenters. The Balaban J connectivity index is 0.000000305. The van der Waals surface area contributed by atoms with Crippen LogP contribution in [-0.4, -0.2) is 30.3 Å². The Morgan fingerprint density at radius 2 is 1.56 bits per heavy atom. The third-order valence-electron chi connectivity index (χ3n) is 5.77. The largest absolute Gasteiger partial charge is 0.417 e. The highest BCUT2D eigenvalue weighted by molar-refractivity contribution is 5.78. The highest BCUT2D eigenvalue weighted by Gasteiger charge is 2.39. The molecule has 1 heterocycles. The number of rotatable bonds is 4. The predicted octanol–water partition coefficient (Wildman–Crippen LogP) is 7.75. The lowest BCUT2D eigenvalue weighted by molar-refractivity contribution is -0.143. The van der Waals surface area contributed by atoms with Gasteiger partial charge in [-0.15, -0.1) is 0 Å². The standard InChI is InChI=1S/C12H23N.C9H3F7O.C2H6/c1-2-6-11-7-5-8-12(11)13-9-3-4-10-13;10-7-2-4(8(11,12)13)1-6(5(7)3-17)9(14,15)16;1-2/h11-12H,2-10H2,1H3;1-3H;1-2H3/t11-,12?;;/m0../s1. The first kappa shape index (κ1) is 28.4. The monoisotopic (exact) mass is 471 g/mol. The van der Waals surface area contributed by atoms with Crippen molar-refractivity contribution >= 4 is 6.29 Å². The number of hydrogen-bond acceptors (Lipinski definition) is 2. The summed E-state index contributed by atoms with van der Waals surface area (Å²) < 4.78 is 86.3. The lowest BCUT2D eigenvalue weighted by Crippen LogP contribution is -2.35. The molecule has 2 fully saturated rings. The molecule has 0 spiro atoms. The summed E-state index contributed by atoms with van der Waals surface area (Å²) in [5.74, 6) is -0.815. The van der Waals surface area contributed by atoms with Crippen molar-refractivity contribution in [3.63, 3.8) is 0 Å². The molecule has 1 saturated heterocycles. The molecule has 1 aromatic rings. The number of hydrogen-bond donors (Lipinski definition) is 0. The molecule has 0 bridgehead atoms. The molecule has 2 aliphatic rings. The minimum atomic E-state index is -5.24. The fourth-order valence-corrected chi connectivity index (χ4v) is 4.41. The summed E-state index contributed by atoms with van der Waals surface area (Å²) in [5.41, 5.74) is -5.18. The van der Waals surface area contributed by atoms with Gasteiger partial charge in [0.1, 0.15) is 5.82 Å². The molecular weight excluding hydrogens is 439 g/mol. The molecule has 0 aromatic heterocycles. The average Bonchev–Trinajstić information content (AvgIpc) is 3.40. The second-order valence-corrected chi connectivity index (χ2v) is 7.82. The van der Waals surface area contributed by atoms with Gasteiger partial charge in [-0.25, -0.2) is 4.39 Å². The highest BCUT2D eigenvalue weighted by Crippen LogP contribution is 2.38. The van der Waals surface area contributed by atoms with Crippen LogP contribution in [0, 0.1) is 11.7 Å². The number of aldehydes is 1. The van der Waals surface area contributed by atoms with Crippen LogP contribution in [0.25, 0.3) is 0 Å². The second kappa shape index (κ2) is 12.6. The van der Waals surface area contributed by atoms with Crippen molar-refractivity contribution in [1.82, 2.24) is 4.90 Å². The van der Waals surface area contributed by atoms with Gasteiger partial charge in [0.15, 0.2) is 6.29 Å². The van der Waals surface area contributed by atoms with E-state index in [0.717, 1.165) is 12.0 Å². The second-order valence-electron chi connectivity index (χ2n) is 7.82. The van der Waals surface area contributed by atoms with Crippen molar-refractivity contribution < 1.29 is 35.5 Å². The third kappa shape index (κ3) is 7.74. The number of nitrogens with zero attached hydrogens (tertiary/aromatic N) is 1. The zero-order chi connectivity index (χ0) is 24.5. The van der Waals surface area contributed by atoms with E-state index in [9.17, 15) is 35.5 Å². The van der Waals surface area contributed by atoms with Gasteiger partial charge in [-0.1, -0.05) is 33.6 Å². The normalized spacial score (nSPS) is 21.4. The smallest absolute Gasteiger partial charge is 0.300 e. The first-order chi connectivity index (χ1) is 15.0. The maximum absolute atomic E-state index is 12.9. The van der Waals surface area contributed by atoms with E-state index in [-0.39, 0.29) is 12.1 Å². The lowest BCUT2D eigenvalue weighted by Gasteiger charge is -2.28. The van der Waals surface area contributed by atoms with Gasteiger partial charge in [0.2, 0.25) is 0 Å². The first-order valence-corrected chi connectivity index (χ1v) is 11.2. The van der Waals surface area contributed by atoms with Gasteiger partial charge in [-0.2, -0.15) is 26.3 Å². The quantitative estimate of drug-likeness (QED) is 0.330. The Morgan fingerprint density at radius 1 is 0.969 bits per heavy atom. The Morgan fingerprint density at radius 3 is 2.03 bits per heavy atom. The van der Waals surface area contributed by atoms with E-state index in [1.54, 1.807) is 0 Å². The molecule has 184 valence electrons. The predicted molar refractivity (Wildman–Crippen MR) is 110 cm³/mol. The molecule has 2 atom stereocenters. The molecule has 2 nitrogen and oxygen atoms in total. The van der Waals surface area contributed by atoms with Crippen LogP contribution in [0.3, 0.4) is 0 Å². The van der Waals surface area contributed by atoms with Crippen LogP contribution < -0.4 is 0 Å². The summed E-state index contributed by atoms with van der Waals surface area (Å²) in [4.78, 5) is 13.0. The third-order valence-corrected chi connectivity index (χ3v) is 5.77. The number of carbonyl (C=O) groups is 1. The highest BCUT2D eigenvalue weighted by atomic mass is 19.4. The van der Waals surface area contributed by atoms with E-state index >= 15 is 0 Å². The van der Waals surface area contributed by atoms with Gasteiger partial charge >= 0.3 is 12.4 Å². The molecule has 1 aromatic carbocycles. The van der Waals surface area contributed by atoms with Gasteiger partial charge in [-0.05, 0) is 63.2 Å². The van der Waals surface area contributed by atoms with E-state index < -0.39 is 41.1 Å². The van der Waals surface area contributed by atoms with Crippen molar-refractivity contribution in [3.05, 3.63) is 34.6 Å². The summed E-state index contributed by atoms with van der Waals surface area (Å²) in [6.45, 7) is 9.12. The molecule has 1 saturated carbocycles. The molecular formula is C23H32F7NO. The van der Waals surface area contributed by atoms with Crippen LogP contribution in [0.1, 0.15) is 87.2 Å². The minimum Gasteiger partial charge on any atom is -0.300 e. The number of alkyl halides is 6. The van der Waals surface area contributed by atoms with Crippen LogP contribution in [-0.2, 0) is 12.4 Å². The first-order valence-electron chi connectivity index (χ1n) is 11.2. The number of likely N-dealkylation sites (tertiary alicyclic amines) is 1. The zero-order valence-electron chi connectivity index (χ0n) is 18.8. The zero-order valence-corrected chi connectivity index (χ0v) is 18.8. The van der Waals surface area contributed by atoms with E-state index in [2.05, 4.69) is 11.8 Å². The molecule has 3 rings (SSSR count). The van der Waals surface area contributed by atoms with Crippen LogP contribution in [0.15, 0.2) is 12.1 Å². The maximum Gasteiger partial charge on any atom is 0.417 e. The number of benzene rings is 1. The van der Waals surface area contributed by atoms with Crippen molar-refractivity contribution in [1.29, 1.82) is 0 Å². The van der Waals surface area contributed by atoms with E-state index in [1.165, 1.54) is 58.0 Å². The van der Waals surface area contributed by atoms with Gasteiger partial charge in [0.05, 0.1) is 16.7 Å².